The highest BCUT2D eigenvalue weighted by Gasteiger charge is 2.82. The topological polar surface area (TPSA) is 21.8 Å². The van der Waals surface area contributed by atoms with E-state index < -0.39 is 0 Å². The largest absolute Gasteiger partial charge is 0.367 e. The summed E-state index contributed by atoms with van der Waals surface area (Å²) < 4.78 is 12.9. The second-order valence-corrected chi connectivity index (χ2v) is 8.43. The van der Waals surface area contributed by atoms with Gasteiger partial charge in [-0.05, 0) is 30.1 Å². The minimum atomic E-state index is -0.00248. The van der Waals surface area contributed by atoms with Crippen LogP contribution in [0.4, 0.5) is 0 Å². The fraction of sp³-hybridized carbons (Fsp3) is 0.895. The first kappa shape index (κ1) is 14.3. The first-order valence-electron chi connectivity index (χ1n) is 8.84. The first-order valence-corrected chi connectivity index (χ1v) is 8.84. The smallest absolute Gasteiger partial charge is 0.124 e. The Hall–Kier alpha value is -0.340. The maximum atomic E-state index is 6.71. The molecule has 2 aliphatic carbocycles. The molecular weight excluding hydrogens is 260 g/mol. The Balaban J connectivity index is 1.96. The second kappa shape index (κ2) is 3.94. The molecule has 2 heterocycles. The van der Waals surface area contributed by atoms with Gasteiger partial charge in [0.25, 0.3) is 0 Å². The molecule has 2 saturated heterocycles. The molecule has 0 radical (unpaired) electrons. The summed E-state index contributed by atoms with van der Waals surface area (Å²) in [5, 5.41) is 0. The molecule has 21 heavy (non-hydrogen) atoms. The summed E-state index contributed by atoms with van der Waals surface area (Å²) in [6, 6.07) is 0. The average molecular weight is 290 g/mol. The zero-order valence-electron chi connectivity index (χ0n) is 14.3. The van der Waals surface area contributed by atoms with E-state index in [4.69, 9.17) is 9.47 Å². The van der Waals surface area contributed by atoms with E-state index in [2.05, 4.69) is 53.7 Å². The van der Waals surface area contributed by atoms with E-state index in [1.165, 1.54) is 6.42 Å². The summed E-state index contributed by atoms with van der Waals surface area (Å²) in [5.74, 6) is 2.49. The molecule has 2 aliphatic heterocycles. The highest BCUT2D eigenvalue weighted by Crippen LogP contribution is 2.76. The zero-order valence-corrected chi connectivity index (χ0v) is 14.3. The number of hydrogen-bond donors (Lipinski definition) is 0. The molecule has 1 spiro atoms. The Morgan fingerprint density at radius 2 is 1.76 bits per heavy atom. The molecular formula is C19H30O2. The number of epoxide rings is 1. The van der Waals surface area contributed by atoms with Gasteiger partial charge < -0.3 is 9.47 Å². The highest BCUT2D eigenvalue weighted by molar-refractivity contribution is 5.32. The van der Waals surface area contributed by atoms with Gasteiger partial charge in [-0.25, -0.2) is 0 Å². The Bertz CT molecular complexity index is 494. The van der Waals surface area contributed by atoms with Gasteiger partial charge >= 0.3 is 0 Å². The Labute approximate surface area is 129 Å². The molecule has 2 heteroatoms. The van der Waals surface area contributed by atoms with Crippen LogP contribution < -0.4 is 0 Å². The maximum absolute atomic E-state index is 6.71. The van der Waals surface area contributed by atoms with Crippen LogP contribution in [-0.2, 0) is 9.47 Å². The molecule has 4 aliphatic rings. The number of ether oxygens (including phenoxy) is 2. The molecule has 0 aromatic heterocycles. The standard InChI is InChI=1S/C19H30O2/c1-7-18-13(4)11(2)8-9-15(18)21-16-12(3)14(5)17(18,6)19(16)10-20-19/h8-9,11-16H,7,10H2,1-6H3/t11?,12?,13?,14-,15?,16?,17-,18?,19?/m1/s1. The van der Waals surface area contributed by atoms with Crippen LogP contribution in [0.25, 0.3) is 0 Å². The molecule has 0 aromatic carbocycles. The van der Waals surface area contributed by atoms with Gasteiger partial charge in [-0.1, -0.05) is 53.7 Å². The van der Waals surface area contributed by atoms with E-state index >= 15 is 0 Å². The first-order chi connectivity index (χ1) is 9.86. The predicted octanol–water partition coefficient (Wildman–Crippen LogP) is 4.05. The van der Waals surface area contributed by atoms with E-state index in [0.717, 1.165) is 6.61 Å². The fourth-order valence-corrected chi connectivity index (χ4v) is 6.81. The van der Waals surface area contributed by atoms with Gasteiger partial charge in [0.15, 0.2) is 0 Å². The molecule has 118 valence electrons. The van der Waals surface area contributed by atoms with Crippen LogP contribution in [0.15, 0.2) is 12.2 Å². The molecule has 1 saturated carbocycles. The number of rotatable bonds is 1. The number of allylic oxidation sites excluding steroid dienone is 1. The summed E-state index contributed by atoms with van der Waals surface area (Å²) in [7, 11) is 0. The van der Waals surface area contributed by atoms with E-state index in [1.54, 1.807) is 0 Å². The van der Waals surface area contributed by atoms with Crippen molar-refractivity contribution in [3.63, 3.8) is 0 Å². The molecule has 3 fully saturated rings. The van der Waals surface area contributed by atoms with Crippen LogP contribution in [0.3, 0.4) is 0 Å². The third kappa shape index (κ3) is 1.23. The Morgan fingerprint density at radius 1 is 1.10 bits per heavy atom. The van der Waals surface area contributed by atoms with Crippen LogP contribution >= 0.6 is 0 Å². The molecule has 2 bridgehead atoms. The van der Waals surface area contributed by atoms with Crippen molar-refractivity contribution in [2.24, 2.45) is 34.5 Å². The molecule has 7 unspecified atom stereocenters. The molecule has 2 nitrogen and oxygen atoms in total. The lowest BCUT2D eigenvalue weighted by Crippen LogP contribution is -2.66. The van der Waals surface area contributed by atoms with Crippen molar-refractivity contribution in [3.05, 3.63) is 12.2 Å². The minimum Gasteiger partial charge on any atom is -0.367 e. The number of hydrogen-bond acceptors (Lipinski definition) is 2. The van der Waals surface area contributed by atoms with Crippen LogP contribution in [0.5, 0.6) is 0 Å². The summed E-state index contributed by atoms with van der Waals surface area (Å²) in [5.41, 5.74) is 0.427. The lowest BCUT2D eigenvalue weighted by atomic mass is 9.44. The second-order valence-electron chi connectivity index (χ2n) is 8.43. The van der Waals surface area contributed by atoms with Gasteiger partial charge in [0, 0.05) is 10.8 Å². The van der Waals surface area contributed by atoms with Gasteiger partial charge in [0.05, 0.1) is 18.8 Å². The predicted molar refractivity (Wildman–Crippen MR) is 84.0 cm³/mol. The van der Waals surface area contributed by atoms with Crippen LogP contribution in [-0.4, -0.2) is 24.4 Å². The maximum Gasteiger partial charge on any atom is 0.124 e. The SMILES string of the molecule is CCC12C(C=CC(C)C1C)OC1C(C)[C@@H](C)[C@@]2(C)C12CO2. The molecule has 0 aromatic rings. The van der Waals surface area contributed by atoms with Crippen LogP contribution in [0, 0.1) is 34.5 Å². The van der Waals surface area contributed by atoms with E-state index in [9.17, 15) is 0 Å². The lowest BCUT2D eigenvalue weighted by molar-refractivity contribution is -0.229. The summed E-state index contributed by atoms with van der Waals surface area (Å²) in [4.78, 5) is 0. The third-order valence-corrected chi connectivity index (χ3v) is 8.51. The zero-order chi connectivity index (χ0) is 15.2. The minimum absolute atomic E-state index is 0.00248. The molecule has 0 amide bonds. The van der Waals surface area contributed by atoms with Crippen molar-refractivity contribution in [1.29, 1.82) is 0 Å². The Kier molecular flexibility index (Phi) is 2.68. The van der Waals surface area contributed by atoms with Gasteiger partial charge in [0.2, 0.25) is 0 Å². The molecule has 4 rings (SSSR count). The van der Waals surface area contributed by atoms with Crippen molar-refractivity contribution in [2.45, 2.75) is 65.8 Å². The quantitative estimate of drug-likeness (QED) is 0.537. The summed E-state index contributed by atoms with van der Waals surface area (Å²) in [6.07, 6.45) is 6.49. The molecule has 9 atom stereocenters. The van der Waals surface area contributed by atoms with Crippen molar-refractivity contribution >= 4 is 0 Å². The summed E-state index contributed by atoms with van der Waals surface area (Å²) in [6.45, 7) is 15.5. The monoisotopic (exact) mass is 290 g/mol. The van der Waals surface area contributed by atoms with Crippen LogP contribution in [0.1, 0.15) is 48.0 Å². The van der Waals surface area contributed by atoms with E-state index in [0.29, 0.717) is 23.7 Å². The van der Waals surface area contributed by atoms with Gasteiger partial charge in [-0.2, -0.15) is 0 Å². The highest BCUT2D eigenvalue weighted by atomic mass is 16.6. The normalized spacial score (nSPS) is 64.7. The third-order valence-electron chi connectivity index (χ3n) is 8.51. The van der Waals surface area contributed by atoms with Crippen molar-refractivity contribution in [2.75, 3.05) is 6.61 Å². The lowest BCUT2D eigenvalue weighted by Gasteiger charge is -2.62. The average Bonchev–Trinajstić information content (AvgIpc) is 3.25. The van der Waals surface area contributed by atoms with Crippen LogP contribution in [0.2, 0.25) is 0 Å². The number of fused-ring (bicyclic) bond motifs is 2. The summed E-state index contributed by atoms with van der Waals surface area (Å²) >= 11 is 0. The Morgan fingerprint density at radius 3 is 2.33 bits per heavy atom. The van der Waals surface area contributed by atoms with E-state index in [1.807, 2.05) is 0 Å². The van der Waals surface area contributed by atoms with Crippen molar-refractivity contribution in [3.8, 4) is 0 Å². The van der Waals surface area contributed by atoms with Crippen molar-refractivity contribution < 1.29 is 9.47 Å². The van der Waals surface area contributed by atoms with Crippen molar-refractivity contribution in [1.82, 2.24) is 0 Å². The van der Waals surface area contributed by atoms with Gasteiger partial charge in [0.1, 0.15) is 5.60 Å². The molecule has 0 N–H and O–H groups in total. The van der Waals surface area contributed by atoms with Gasteiger partial charge in [-0.15, -0.1) is 0 Å². The fourth-order valence-electron chi connectivity index (χ4n) is 6.81. The van der Waals surface area contributed by atoms with Gasteiger partial charge in [-0.3, -0.25) is 0 Å². The van der Waals surface area contributed by atoms with E-state index in [-0.39, 0.29) is 28.6 Å².